The molecule has 2 nitrogen and oxygen atoms in total. The molecule has 0 N–H and O–H groups in total. The van der Waals surface area contributed by atoms with E-state index in [1.165, 1.54) is 0 Å². The van der Waals surface area contributed by atoms with Crippen molar-refractivity contribution in [2.45, 2.75) is 34.0 Å². The smallest absolute Gasteiger partial charge is 0.246 e. The van der Waals surface area contributed by atoms with Gasteiger partial charge in [0.05, 0.1) is 0 Å². The van der Waals surface area contributed by atoms with E-state index in [0.29, 0.717) is 5.05 Å². The van der Waals surface area contributed by atoms with Gasteiger partial charge in [0.15, 0.2) is 5.05 Å². The standard InChI is InChI=1S/C9H14O2S/c1-6-5-7(12)11-8(10-6)9(2,3)4/h5,8H,1-4H3. The largest absolute Gasteiger partial charge is 0.459 e. The molecule has 1 heterocycles. The molecular formula is C9H14O2S. The monoisotopic (exact) mass is 186 g/mol. The fourth-order valence-electron chi connectivity index (χ4n) is 0.886. The van der Waals surface area contributed by atoms with Gasteiger partial charge in [-0.2, -0.15) is 0 Å². The SMILES string of the molecule is CC1=CC(=S)OC(C(C)(C)C)O1. The van der Waals surface area contributed by atoms with Gasteiger partial charge < -0.3 is 9.47 Å². The Bertz CT molecular complexity index is 225. The molecular weight excluding hydrogens is 172 g/mol. The summed E-state index contributed by atoms with van der Waals surface area (Å²) in [7, 11) is 0. The summed E-state index contributed by atoms with van der Waals surface area (Å²) in [5.74, 6) is 0.825. The van der Waals surface area contributed by atoms with Gasteiger partial charge in [-0.15, -0.1) is 0 Å². The van der Waals surface area contributed by atoms with Gasteiger partial charge in [0.2, 0.25) is 6.29 Å². The van der Waals surface area contributed by atoms with Crippen LogP contribution < -0.4 is 0 Å². The minimum atomic E-state index is -0.255. The summed E-state index contributed by atoms with van der Waals surface area (Å²) in [6.45, 7) is 8.05. The van der Waals surface area contributed by atoms with E-state index in [1.807, 2.05) is 6.92 Å². The molecule has 3 heteroatoms. The van der Waals surface area contributed by atoms with Crippen molar-refractivity contribution < 1.29 is 9.47 Å². The van der Waals surface area contributed by atoms with Crippen molar-refractivity contribution in [2.24, 2.45) is 5.41 Å². The highest BCUT2D eigenvalue weighted by Crippen LogP contribution is 2.28. The molecule has 1 atom stereocenters. The zero-order valence-corrected chi connectivity index (χ0v) is 8.70. The minimum absolute atomic E-state index is 0.0421. The Morgan fingerprint density at radius 1 is 1.33 bits per heavy atom. The fourth-order valence-corrected chi connectivity index (χ4v) is 1.14. The van der Waals surface area contributed by atoms with Crippen molar-refractivity contribution >= 4 is 17.3 Å². The van der Waals surface area contributed by atoms with Crippen molar-refractivity contribution in [2.75, 3.05) is 0 Å². The predicted molar refractivity (Wildman–Crippen MR) is 51.8 cm³/mol. The number of hydrogen-bond acceptors (Lipinski definition) is 3. The molecule has 0 bridgehead atoms. The van der Waals surface area contributed by atoms with Crippen LogP contribution in [0.2, 0.25) is 0 Å². The number of hydrogen-bond donors (Lipinski definition) is 0. The topological polar surface area (TPSA) is 18.5 Å². The second-order valence-corrected chi connectivity index (χ2v) is 4.41. The van der Waals surface area contributed by atoms with Gasteiger partial charge >= 0.3 is 0 Å². The summed E-state index contributed by atoms with van der Waals surface area (Å²) in [4.78, 5) is 0. The lowest BCUT2D eigenvalue weighted by atomic mass is 9.95. The zero-order valence-electron chi connectivity index (χ0n) is 7.88. The Morgan fingerprint density at radius 2 is 1.92 bits per heavy atom. The molecule has 0 spiro atoms. The predicted octanol–water partition coefficient (Wildman–Crippen LogP) is 2.64. The van der Waals surface area contributed by atoms with Crippen LogP contribution in [-0.2, 0) is 9.47 Å². The molecule has 1 rings (SSSR count). The van der Waals surface area contributed by atoms with Crippen LogP contribution in [0.5, 0.6) is 0 Å². The van der Waals surface area contributed by atoms with E-state index in [0.717, 1.165) is 5.76 Å². The first kappa shape index (κ1) is 9.52. The average Bonchev–Trinajstić information content (AvgIpc) is 1.82. The van der Waals surface area contributed by atoms with Crippen LogP contribution in [0, 0.1) is 5.41 Å². The third-order valence-corrected chi connectivity index (χ3v) is 1.76. The molecule has 68 valence electrons. The van der Waals surface area contributed by atoms with Crippen molar-refractivity contribution in [3.05, 3.63) is 11.8 Å². The lowest BCUT2D eigenvalue weighted by Gasteiger charge is -2.33. The van der Waals surface area contributed by atoms with Gasteiger partial charge in [-0.05, 0) is 19.1 Å². The molecule has 0 aliphatic carbocycles. The Morgan fingerprint density at radius 3 is 2.33 bits per heavy atom. The highest BCUT2D eigenvalue weighted by molar-refractivity contribution is 7.80. The summed E-state index contributed by atoms with van der Waals surface area (Å²) in [5, 5.41) is 0.513. The first-order valence-electron chi connectivity index (χ1n) is 3.95. The van der Waals surface area contributed by atoms with Crippen molar-refractivity contribution in [1.82, 2.24) is 0 Å². The van der Waals surface area contributed by atoms with Gasteiger partial charge in [0, 0.05) is 11.5 Å². The second-order valence-electron chi connectivity index (χ2n) is 4.01. The Kier molecular flexibility index (Phi) is 2.42. The maximum absolute atomic E-state index is 5.47. The van der Waals surface area contributed by atoms with E-state index in [4.69, 9.17) is 21.7 Å². The summed E-state index contributed by atoms with van der Waals surface area (Å²) in [6.07, 6.45) is 1.47. The van der Waals surface area contributed by atoms with E-state index in [9.17, 15) is 0 Å². The van der Waals surface area contributed by atoms with Gasteiger partial charge in [0.25, 0.3) is 0 Å². The van der Waals surface area contributed by atoms with Gasteiger partial charge in [-0.3, -0.25) is 0 Å². The van der Waals surface area contributed by atoms with Crippen molar-refractivity contribution in [3.8, 4) is 0 Å². The first-order chi connectivity index (χ1) is 5.39. The lowest BCUT2D eigenvalue weighted by molar-refractivity contribution is -0.125. The van der Waals surface area contributed by atoms with E-state index >= 15 is 0 Å². The quantitative estimate of drug-likeness (QED) is 0.542. The van der Waals surface area contributed by atoms with Crippen LogP contribution in [0.25, 0.3) is 0 Å². The molecule has 0 saturated heterocycles. The lowest BCUT2D eigenvalue weighted by Crippen LogP contribution is -2.35. The molecule has 0 aromatic rings. The van der Waals surface area contributed by atoms with Gasteiger partial charge in [-0.25, -0.2) is 0 Å². The molecule has 1 unspecified atom stereocenters. The summed E-state index contributed by atoms with van der Waals surface area (Å²) in [6, 6.07) is 0. The van der Waals surface area contributed by atoms with Gasteiger partial charge in [0.1, 0.15) is 5.76 Å². The van der Waals surface area contributed by atoms with Crippen LogP contribution in [0.3, 0.4) is 0 Å². The van der Waals surface area contributed by atoms with E-state index in [1.54, 1.807) is 6.08 Å². The van der Waals surface area contributed by atoms with Crippen LogP contribution in [0.4, 0.5) is 0 Å². The van der Waals surface area contributed by atoms with Crippen molar-refractivity contribution in [1.29, 1.82) is 0 Å². The molecule has 0 aromatic carbocycles. The fraction of sp³-hybridized carbons (Fsp3) is 0.667. The van der Waals surface area contributed by atoms with Crippen molar-refractivity contribution in [3.63, 3.8) is 0 Å². The molecule has 1 aliphatic heterocycles. The van der Waals surface area contributed by atoms with Crippen LogP contribution >= 0.6 is 12.2 Å². The number of rotatable bonds is 0. The zero-order chi connectivity index (χ0) is 9.35. The highest BCUT2D eigenvalue weighted by atomic mass is 32.1. The Labute approximate surface area is 78.5 Å². The minimum Gasteiger partial charge on any atom is -0.459 e. The summed E-state index contributed by atoms with van der Waals surface area (Å²) < 4.78 is 10.8. The van der Waals surface area contributed by atoms with Crippen LogP contribution in [0.15, 0.2) is 11.8 Å². The molecule has 0 saturated carbocycles. The molecule has 0 radical (unpaired) electrons. The normalized spacial score (nSPS) is 24.2. The van der Waals surface area contributed by atoms with E-state index in [2.05, 4.69) is 20.8 Å². The third kappa shape index (κ3) is 2.21. The Balaban J connectivity index is 2.74. The summed E-state index contributed by atoms with van der Waals surface area (Å²) >= 11 is 4.95. The average molecular weight is 186 g/mol. The first-order valence-corrected chi connectivity index (χ1v) is 4.36. The van der Waals surface area contributed by atoms with Gasteiger partial charge in [-0.1, -0.05) is 20.8 Å². The summed E-state index contributed by atoms with van der Waals surface area (Å²) in [5.41, 5.74) is -0.0421. The van der Waals surface area contributed by atoms with Crippen LogP contribution in [0.1, 0.15) is 27.7 Å². The number of ether oxygens (including phenoxy) is 2. The number of thiocarbonyl (C=S) groups is 1. The molecule has 0 aromatic heterocycles. The maximum atomic E-state index is 5.47. The Hall–Kier alpha value is -0.570. The maximum Gasteiger partial charge on any atom is 0.246 e. The molecule has 12 heavy (non-hydrogen) atoms. The van der Waals surface area contributed by atoms with E-state index < -0.39 is 0 Å². The molecule has 1 aliphatic rings. The molecule has 0 fully saturated rings. The molecule has 0 amide bonds. The second kappa shape index (κ2) is 3.05. The van der Waals surface area contributed by atoms with E-state index in [-0.39, 0.29) is 11.7 Å². The number of allylic oxidation sites excluding steroid dienone is 1. The third-order valence-electron chi connectivity index (χ3n) is 1.54. The van der Waals surface area contributed by atoms with Crippen LogP contribution in [-0.4, -0.2) is 11.3 Å². The highest BCUT2D eigenvalue weighted by Gasteiger charge is 2.31.